The van der Waals surface area contributed by atoms with Crippen LogP contribution in [0.5, 0.6) is 11.5 Å². The van der Waals surface area contributed by atoms with E-state index in [1.165, 1.54) is 9.25 Å². The first-order valence-electron chi connectivity index (χ1n) is 9.45. The zero-order valence-electron chi connectivity index (χ0n) is 17.2. The third-order valence-electron chi connectivity index (χ3n) is 4.58. The largest absolute Gasteiger partial charge is 0.493 e. The average molecular weight is 411 g/mol. The van der Waals surface area contributed by atoms with Gasteiger partial charge in [0.25, 0.3) is 0 Å². The van der Waals surface area contributed by atoms with E-state index in [-0.39, 0.29) is 24.8 Å². The molecule has 0 aliphatic heterocycles. The second kappa shape index (κ2) is 9.64. The summed E-state index contributed by atoms with van der Waals surface area (Å²) in [5.41, 5.74) is 1.49. The van der Waals surface area contributed by atoms with Gasteiger partial charge in [-0.05, 0) is 17.7 Å². The Morgan fingerprint density at radius 2 is 1.77 bits per heavy atom. The maximum Gasteiger partial charge on any atom is 0.345 e. The molecule has 0 unspecified atom stereocenters. The van der Waals surface area contributed by atoms with Crippen molar-refractivity contribution >= 4 is 6.03 Å². The van der Waals surface area contributed by atoms with Gasteiger partial charge in [0, 0.05) is 25.7 Å². The van der Waals surface area contributed by atoms with Crippen molar-refractivity contribution in [3.63, 3.8) is 0 Å². The van der Waals surface area contributed by atoms with E-state index in [1.54, 1.807) is 33.4 Å². The van der Waals surface area contributed by atoms with Gasteiger partial charge in [0.2, 0.25) is 0 Å². The van der Waals surface area contributed by atoms with Crippen molar-refractivity contribution in [3.8, 4) is 22.9 Å². The van der Waals surface area contributed by atoms with E-state index in [0.29, 0.717) is 23.9 Å². The molecule has 9 heteroatoms. The summed E-state index contributed by atoms with van der Waals surface area (Å²) in [5, 5.41) is 9.88. The molecule has 0 atom stereocenters. The van der Waals surface area contributed by atoms with Crippen molar-refractivity contribution in [1.29, 1.82) is 0 Å². The molecule has 30 heavy (non-hydrogen) atoms. The van der Waals surface area contributed by atoms with Gasteiger partial charge in [-0.15, -0.1) is 5.10 Å². The molecular formula is C21H25N5O4. The number of benzene rings is 2. The highest BCUT2D eigenvalue weighted by Gasteiger charge is 2.12. The van der Waals surface area contributed by atoms with Crippen LogP contribution in [0.4, 0.5) is 4.79 Å². The number of nitrogens with zero attached hydrogens (tertiary/aromatic N) is 3. The molecule has 0 spiro atoms. The number of ether oxygens (including phenoxy) is 2. The number of hydrogen-bond acceptors (Lipinski definition) is 5. The zero-order valence-corrected chi connectivity index (χ0v) is 17.2. The molecule has 3 aromatic rings. The SMILES string of the molecule is COc1ccc(CNC(=O)NCCn2nc(-c3ccccc3)n(C)c2=O)cc1OC. The molecule has 2 aromatic carbocycles. The van der Waals surface area contributed by atoms with Crippen molar-refractivity contribution in [2.45, 2.75) is 13.1 Å². The topological polar surface area (TPSA) is 99.4 Å². The van der Waals surface area contributed by atoms with Crippen molar-refractivity contribution in [2.24, 2.45) is 7.05 Å². The van der Waals surface area contributed by atoms with Crippen molar-refractivity contribution in [2.75, 3.05) is 20.8 Å². The van der Waals surface area contributed by atoms with Gasteiger partial charge in [-0.25, -0.2) is 14.3 Å². The lowest BCUT2D eigenvalue weighted by Crippen LogP contribution is -2.38. The highest BCUT2D eigenvalue weighted by Crippen LogP contribution is 2.27. The molecule has 0 aliphatic carbocycles. The minimum atomic E-state index is -0.336. The van der Waals surface area contributed by atoms with E-state index in [0.717, 1.165) is 11.1 Å². The second-order valence-corrected chi connectivity index (χ2v) is 6.55. The standard InChI is InChI=1S/C21H25N5O4/c1-25-19(16-7-5-4-6-8-16)24-26(21(25)28)12-11-22-20(27)23-14-15-9-10-17(29-2)18(13-15)30-3/h4-10,13H,11-12,14H2,1-3H3,(H2,22,23,27). The molecule has 0 saturated carbocycles. The van der Waals surface area contributed by atoms with Gasteiger partial charge in [0.1, 0.15) is 0 Å². The van der Waals surface area contributed by atoms with Crippen LogP contribution in [0, 0.1) is 0 Å². The molecule has 0 fully saturated rings. The van der Waals surface area contributed by atoms with Crippen LogP contribution in [0.3, 0.4) is 0 Å². The van der Waals surface area contributed by atoms with Crippen LogP contribution >= 0.6 is 0 Å². The molecule has 158 valence electrons. The van der Waals surface area contributed by atoms with Crippen molar-refractivity contribution in [1.82, 2.24) is 25.0 Å². The molecule has 0 radical (unpaired) electrons. The number of methoxy groups -OCH3 is 2. The highest BCUT2D eigenvalue weighted by atomic mass is 16.5. The summed E-state index contributed by atoms with van der Waals surface area (Å²) in [6.07, 6.45) is 0. The predicted octanol–water partition coefficient (Wildman–Crippen LogP) is 1.77. The number of nitrogens with one attached hydrogen (secondary N) is 2. The molecule has 1 heterocycles. The van der Waals surface area contributed by atoms with E-state index in [9.17, 15) is 9.59 Å². The Kier molecular flexibility index (Phi) is 6.74. The quantitative estimate of drug-likeness (QED) is 0.589. The van der Waals surface area contributed by atoms with Gasteiger partial charge < -0.3 is 20.1 Å². The Morgan fingerprint density at radius 1 is 1.03 bits per heavy atom. The van der Waals surface area contributed by atoms with Gasteiger partial charge in [-0.1, -0.05) is 36.4 Å². The maximum absolute atomic E-state index is 12.4. The van der Waals surface area contributed by atoms with Gasteiger partial charge >= 0.3 is 11.7 Å². The summed E-state index contributed by atoms with van der Waals surface area (Å²) < 4.78 is 13.3. The summed E-state index contributed by atoms with van der Waals surface area (Å²) >= 11 is 0. The van der Waals surface area contributed by atoms with Gasteiger partial charge in [0.05, 0.1) is 20.8 Å². The first-order valence-corrected chi connectivity index (χ1v) is 9.45. The number of rotatable bonds is 8. The predicted molar refractivity (Wildman–Crippen MR) is 113 cm³/mol. The Labute approximate surface area is 174 Å². The van der Waals surface area contributed by atoms with Gasteiger partial charge in [-0.2, -0.15) is 0 Å². The van der Waals surface area contributed by atoms with Crippen LogP contribution in [0.1, 0.15) is 5.56 Å². The summed E-state index contributed by atoms with van der Waals surface area (Å²) in [6.45, 7) is 0.861. The first kappa shape index (κ1) is 21.0. The minimum Gasteiger partial charge on any atom is -0.493 e. The van der Waals surface area contributed by atoms with Crippen molar-refractivity contribution < 1.29 is 14.3 Å². The fourth-order valence-electron chi connectivity index (χ4n) is 2.98. The number of carbonyl (C=O) groups is 1. The van der Waals surface area contributed by atoms with Crippen LogP contribution in [0.25, 0.3) is 11.4 Å². The number of carbonyl (C=O) groups excluding carboxylic acids is 1. The smallest absolute Gasteiger partial charge is 0.345 e. The zero-order chi connectivity index (χ0) is 21.5. The van der Waals surface area contributed by atoms with E-state index in [1.807, 2.05) is 36.4 Å². The van der Waals surface area contributed by atoms with E-state index in [4.69, 9.17) is 9.47 Å². The lowest BCUT2D eigenvalue weighted by atomic mass is 10.2. The number of urea groups is 1. The van der Waals surface area contributed by atoms with Crippen LogP contribution in [-0.4, -0.2) is 41.1 Å². The minimum absolute atomic E-state index is 0.235. The average Bonchev–Trinajstić information content (AvgIpc) is 3.06. The number of hydrogen-bond donors (Lipinski definition) is 2. The molecule has 0 bridgehead atoms. The lowest BCUT2D eigenvalue weighted by molar-refractivity contribution is 0.240. The molecule has 3 rings (SSSR count). The molecule has 0 aliphatic rings. The Bertz CT molecular complexity index is 1060. The normalized spacial score (nSPS) is 10.5. The third-order valence-corrected chi connectivity index (χ3v) is 4.58. The van der Waals surface area contributed by atoms with Crippen molar-refractivity contribution in [3.05, 3.63) is 64.6 Å². The second-order valence-electron chi connectivity index (χ2n) is 6.55. The summed E-state index contributed by atoms with van der Waals surface area (Å²) in [6, 6.07) is 14.6. The molecule has 0 saturated heterocycles. The third kappa shape index (κ3) is 4.80. The Balaban J connectivity index is 1.52. The van der Waals surface area contributed by atoms with Crippen LogP contribution in [-0.2, 0) is 20.1 Å². The molecular weight excluding hydrogens is 386 g/mol. The van der Waals surface area contributed by atoms with E-state index in [2.05, 4.69) is 15.7 Å². The molecule has 2 N–H and O–H groups in total. The number of amides is 2. The fraction of sp³-hybridized carbons (Fsp3) is 0.286. The molecule has 1 aromatic heterocycles. The lowest BCUT2D eigenvalue weighted by Gasteiger charge is -2.11. The van der Waals surface area contributed by atoms with E-state index >= 15 is 0 Å². The highest BCUT2D eigenvalue weighted by molar-refractivity contribution is 5.73. The first-order chi connectivity index (χ1) is 14.5. The summed E-state index contributed by atoms with van der Waals surface area (Å²) in [7, 11) is 4.81. The maximum atomic E-state index is 12.4. The van der Waals surface area contributed by atoms with Gasteiger partial charge in [-0.3, -0.25) is 4.57 Å². The van der Waals surface area contributed by atoms with E-state index < -0.39 is 0 Å². The molecule has 9 nitrogen and oxygen atoms in total. The Morgan fingerprint density at radius 3 is 2.47 bits per heavy atom. The van der Waals surface area contributed by atoms with Crippen LogP contribution in [0.2, 0.25) is 0 Å². The monoisotopic (exact) mass is 411 g/mol. The number of aromatic nitrogens is 3. The fourth-order valence-corrected chi connectivity index (χ4v) is 2.98. The van der Waals surface area contributed by atoms with Crippen LogP contribution in [0.15, 0.2) is 53.3 Å². The summed E-state index contributed by atoms with van der Waals surface area (Å²) in [4.78, 5) is 24.4. The van der Waals surface area contributed by atoms with Gasteiger partial charge in [0.15, 0.2) is 17.3 Å². The summed E-state index contributed by atoms with van der Waals surface area (Å²) in [5.74, 6) is 1.81. The van der Waals surface area contributed by atoms with Crippen LogP contribution < -0.4 is 25.8 Å². The molecule has 2 amide bonds. The Hall–Kier alpha value is -3.75.